The van der Waals surface area contributed by atoms with Crippen molar-refractivity contribution in [3.05, 3.63) is 77.4 Å². The van der Waals surface area contributed by atoms with Crippen molar-refractivity contribution in [2.75, 3.05) is 13.7 Å². The maximum Gasteiger partial charge on any atom is 0.126 e. The molecule has 0 radical (unpaired) electrons. The molecule has 3 aromatic rings. The van der Waals surface area contributed by atoms with Gasteiger partial charge in [0.05, 0.1) is 7.11 Å². The van der Waals surface area contributed by atoms with Gasteiger partial charge in [-0.05, 0) is 48.2 Å². The number of para-hydroxylation sites is 1. The number of phenols is 2. The third-order valence-corrected chi connectivity index (χ3v) is 5.17. The first-order valence-corrected chi connectivity index (χ1v) is 9.16. The number of fused-ring (bicyclic) bond motifs is 1. The molecule has 1 atom stereocenters. The number of hydrogen-bond acceptors (Lipinski definition) is 4. The molecule has 1 unspecified atom stereocenters. The number of aromatic hydroxyl groups is 2. The Bertz CT molecular complexity index is 957. The maximum atomic E-state index is 10.3. The van der Waals surface area contributed by atoms with Crippen molar-refractivity contribution in [3.63, 3.8) is 0 Å². The molecule has 28 heavy (non-hydrogen) atoms. The smallest absolute Gasteiger partial charge is 0.126 e. The van der Waals surface area contributed by atoms with Crippen LogP contribution in [0.5, 0.6) is 17.2 Å². The van der Waals surface area contributed by atoms with E-state index in [4.69, 9.17) is 4.74 Å². The monoisotopic (exact) mass is 397 g/mol. The van der Waals surface area contributed by atoms with E-state index in [-0.39, 0.29) is 29.9 Å². The number of rotatable bonds is 4. The van der Waals surface area contributed by atoms with Crippen LogP contribution in [0.4, 0.5) is 0 Å². The fourth-order valence-electron chi connectivity index (χ4n) is 3.89. The van der Waals surface area contributed by atoms with E-state index < -0.39 is 0 Å². The highest BCUT2D eigenvalue weighted by Crippen LogP contribution is 2.36. The molecule has 0 amide bonds. The standard InChI is InChI=1S/C23H23NO3.ClH/c1-27-22-5-3-2-4-19(22)16-8-6-15(7-9-16)12-20-23-17(10-11-24-20)13-18(25)14-21(23)26;/h2-9,13-14,20,24-26H,10-12H2,1H3;1H. The highest BCUT2D eigenvalue weighted by molar-refractivity contribution is 5.85. The molecule has 4 nitrogen and oxygen atoms in total. The Kier molecular flexibility index (Phi) is 6.12. The van der Waals surface area contributed by atoms with E-state index in [2.05, 4.69) is 35.6 Å². The van der Waals surface area contributed by atoms with Gasteiger partial charge in [0.1, 0.15) is 17.2 Å². The highest BCUT2D eigenvalue weighted by atomic mass is 35.5. The molecular formula is C23H24ClNO3. The zero-order chi connectivity index (χ0) is 18.8. The van der Waals surface area contributed by atoms with Gasteiger partial charge in [-0.3, -0.25) is 0 Å². The van der Waals surface area contributed by atoms with Crippen molar-refractivity contribution in [1.29, 1.82) is 0 Å². The van der Waals surface area contributed by atoms with Crippen LogP contribution < -0.4 is 10.1 Å². The van der Waals surface area contributed by atoms with Crippen LogP contribution in [0.15, 0.2) is 60.7 Å². The van der Waals surface area contributed by atoms with Gasteiger partial charge in [-0.2, -0.15) is 0 Å². The Hall–Kier alpha value is -2.69. The zero-order valence-corrected chi connectivity index (χ0v) is 16.5. The minimum Gasteiger partial charge on any atom is -0.508 e. The van der Waals surface area contributed by atoms with E-state index in [1.165, 1.54) is 11.6 Å². The lowest BCUT2D eigenvalue weighted by Crippen LogP contribution is -2.31. The Labute approximate surface area is 171 Å². The molecule has 1 heterocycles. The number of nitrogens with one attached hydrogen (secondary N) is 1. The fourth-order valence-corrected chi connectivity index (χ4v) is 3.89. The number of hydrogen-bond donors (Lipinski definition) is 3. The lowest BCUT2D eigenvalue weighted by atomic mass is 9.89. The summed E-state index contributed by atoms with van der Waals surface area (Å²) in [6.45, 7) is 0.833. The molecule has 0 bridgehead atoms. The molecule has 0 spiro atoms. The van der Waals surface area contributed by atoms with Gasteiger partial charge in [-0.1, -0.05) is 42.5 Å². The Balaban J connectivity index is 0.00000225. The van der Waals surface area contributed by atoms with E-state index in [9.17, 15) is 10.2 Å². The van der Waals surface area contributed by atoms with Crippen molar-refractivity contribution in [3.8, 4) is 28.4 Å². The first-order valence-electron chi connectivity index (χ1n) is 9.16. The second kappa shape index (κ2) is 8.55. The first kappa shape index (κ1) is 20.1. The molecule has 0 fully saturated rings. The molecule has 0 aliphatic carbocycles. The van der Waals surface area contributed by atoms with Crippen molar-refractivity contribution in [2.45, 2.75) is 18.9 Å². The number of benzene rings is 3. The van der Waals surface area contributed by atoms with Crippen LogP contribution in [0, 0.1) is 0 Å². The number of methoxy groups -OCH3 is 1. The van der Waals surface area contributed by atoms with Gasteiger partial charge in [0.2, 0.25) is 0 Å². The van der Waals surface area contributed by atoms with Crippen LogP contribution in [0.1, 0.15) is 22.7 Å². The number of ether oxygens (including phenoxy) is 1. The van der Waals surface area contributed by atoms with Crippen LogP contribution in [0.3, 0.4) is 0 Å². The van der Waals surface area contributed by atoms with Crippen molar-refractivity contribution < 1.29 is 14.9 Å². The normalized spacial score (nSPS) is 15.4. The average molecular weight is 398 g/mol. The van der Waals surface area contributed by atoms with Crippen LogP contribution >= 0.6 is 12.4 Å². The molecule has 0 saturated carbocycles. The van der Waals surface area contributed by atoms with Gasteiger partial charge < -0.3 is 20.3 Å². The molecule has 4 rings (SSSR count). The van der Waals surface area contributed by atoms with E-state index in [1.807, 2.05) is 18.2 Å². The minimum atomic E-state index is 0. The van der Waals surface area contributed by atoms with E-state index in [1.54, 1.807) is 13.2 Å². The second-order valence-corrected chi connectivity index (χ2v) is 6.90. The van der Waals surface area contributed by atoms with Crippen LogP contribution in [0.25, 0.3) is 11.1 Å². The Morgan fingerprint density at radius 2 is 1.79 bits per heavy atom. The number of halogens is 1. The average Bonchev–Trinajstić information content (AvgIpc) is 2.68. The third-order valence-electron chi connectivity index (χ3n) is 5.17. The topological polar surface area (TPSA) is 61.7 Å². The molecule has 146 valence electrons. The molecular weight excluding hydrogens is 374 g/mol. The summed E-state index contributed by atoms with van der Waals surface area (Å²) < 4.78 is 5.46. The molecule has 1 aliphatic heterocycles. The second-order valence-electron chi connectivity index (χ2n) is 6.90. The third kappa shape index (κ3) is 3.93. The van der Waals surface area contributed by atoms with Gasteiger partial charge in [-0.15, -0.1) is 12.4 Å². The van der Waals surface area contributed by atoms with Gasteiger partial charge in [0, 0.05) is 23.2 Å². The largest absolute Gasteiger partial charge is 0.508 e. The summed E-state index contributed by atoms with van der Waals surface area (Å²) in [5.74, 6) is 1.14. The summed E-state index contributed by atoms with van der Waals surface area (Å²) in [6.07, 6.45) is 1.58. The molecule has 0 aromatic heterocycles. The summed E-state index contributed by atoms with van der Waals surface area (Å²) >= 11 is 0. The van der Waals surface area contributed by atoms with Crippen molar-refractivity contribution in [2.24, 2.45) is 0 Å². The molecule has 5 heteroatoms. The van der Waals surface area contributed by atoms with E-state index in [0.717, 1.165) is 47.4 Å². The summed E-state index contributed by atoms with van der Waals surface area (Å²) in [6, 6.07) is 19.6. The van der Waals surface area contributed by atoms with E-state index in [0.29, 0.717) is 0 Å². The van der Waals surface area contributed by atoms with Gasteiger partial charge in [-0.25, -0.2) is 0 Å². The minimum absolute atomic E-state index is 0. The van der Waals surface area contributed by atoms with E-state index >= 15 is 0 Å². The lowest BCUT2D eigenvalue weighted by Gasteiger charge is -2.28. The van der Waals surface area contributed by atoms with Gasteiger partial charge in [0.15, 0.2) is 0 Å². The highest BCUT2D eigenvalue weighted by Gasteiger charge is 2.24. The predicted molar refractivity (Wildman–Crippen MR) is 114 cm³/mol. The van der Waals surface area contributed by atoms with Crippen LogP contribution in [-0.2, 0) is 12.8 Å². The van der Waals surface area contributed by atoms with Crippen molar-refractivity contribution in [1.82, 2.24) is 5.32 Å². The summed E-state index contributed by atoms with van der Waals surface area (Å²) in [7, 11) is 1.68. The molecule has 1 aliphatic rings. The van der Waals surface area contributed by atoms with Gasteiger partial charge in [0.25, 0.3) is 0 Å². The first-order chi connectivity index (χ1) is 13.2. The SMILES string of the molecule is COc1ccccc1-c1ccc(CC2NCCc3cc(O)cc(O)c32)cc1.Cl. The van der Waals surface area contributed by atoms with Crippen LogP contribution in [0.2, 0.25) is 0 Å². The van der Waals surface area contributed by atoms with Crippen molar-refractivity contribution >= 4 is 12.4 Å². The summed E-state index contributed by atoms with van der Waals surface area (Å²) in [4.78, 5) is 0. The summed E-state index contributed by atoms with van der Waals surface area (Å²) in [5.41, 5.74) is 5.28. The summed E-state index contributed by atoms with van der Waals surface area (Å²) in [5, 5.41) is 23.5. The fraction of sp³-hybridized carbons (Fsp3) is 0.217. The molecule has 3 N–H and O–H groups in total. The maximum absolute atomic E-state index is 10.3. The molecule has 3 aromatic carbocycles. The van der Waals surface area contributed by atoms with Crippen LogP contribution in [-0.4, -0.2) is 23.9 Å². The number of phenolic OH excluding ortho intramolecular Hbond substituents is 2. The van der Waals surface area contributed by atoms with Gasteiger partial charge >= 0.3 is 0 Å². The lowest BCUT2D eigenvalue weighted by molar-refractivity contribution is 0.416. The predicted octanol–water partition coefficient (Wildman–Crippen LogP) is 4.62. The Morgan fingerprint density at radius 1 is 1.04 bits per heavy atom. The zero-order valence-electron chi connectivity index (χ0n) is 15.7. The quantitative estimate of drug-likeness (QED) is 0.601. The Morgan fingerprint density at radius 3 is 2.54 bits per heavy atom. The molecule has 0 saturated heterocycles.